The maximum Gasteiger partial charge on any atom is 0.238 e. The highest BCUT2D eigenvalue weighted by Crippen LogP contribution is 2.64. The summed E-state index contributed by atoms with van der Waals surface area (Å²) in [5, 5.41) is 16.9. The summed E-state index contributed by atoms with van der Waals surface area (Å²) >= 11 is 0. The molecular weight excluding hydrogens is 266 g/mol. The highest BCUT2D eigenvalue weighted by atomic mass is 32.2. The minimum absolute atomic E-state index is 0.0437. The van der Waals surface area contributed by atoms with Crippen LogP contribution in [0.1, 0.15) is 25.3 Å². The van der Waals surface area contributed by atoms with Crippen molar-refractivity contribution < 1.29 is 13.6 Å². The van der Waals surface area contributed by atoms with E-state index in [1.807, 2.05) is 13.8 Å². The smallest absolute Gasteiger partial charge is 0.238 e. The quantitative estimate of drug-likeness (QED) is 0.329. The van der Waals surface area contributed by atoms with Crippen LogP contribution in [0.2, 0.25) is 0 Å². The summed E-state index contributed by atoms with van der Waals surface area (Å²) < 4.78 is 22.4. The van der Waals surface area contributed by atoms with Gasteiger partial charge in [-0.3, -0.25) is 0 Å². The van der Waals surface area contributed by atoms with E-state index >= 15 is 0 Å². The molecule has 19 heavy (non-hydrogen) atoms. The molecule has 0 radical (unpaired) electrons. The molecule has 0 aliphatic heterocycles. The minimum atomic E-state index is -3.68. The van der Waals surface area contributed by atoms with Gasteiger partial charge in [0.1, 0.15) is 5.84 Å². The Morgan fingerprint density at radius 3 is 2.26 bits per heavy atom. The van der Waals surface area contributed by atoms with Crippen molar-refractivity contribution in [3.8, 4) is 0 Å². The van der Waals surface area contributed by atoms with Crippen LogP contribution in [0.25, 0.3) is 0 Å². The SMILES string of the molecule is CC1(C)C(C(N)=NO)C1c1ccc(S(N)(=O)=O)cc1. The molecule has 2 atom stereocenters. The Labute approximate surface area is 112 Å². The van der Waals surface area contributed by atoms with Gasteiger partial charge in [-0.1, -0.05) is 31.1 Å². The molecule has 1 fully saturated rings. The molecule has 1 aromatic rings. The summed E-state index contributed by atoms with van der Waals surface area (Å²) in [6, 6.07) is 6.39. The number of hydrogen-bond donors (Lipinski definition) is 3. The number of nitrogens with zero attached hydrogens (tertiary/aromatic N) is 1. The lowest BCUT2D eigenvalue weighted by Crippen LogP contribution is -2.17. The Kier molecular flexibility index (Phi) is 3.06. The third-order valence-electron chi connectivity index (χ3n) is 3.83. The molecule has 0 bridgehead atoms. The summed E-state index contributed by atoms with van der Waals surface area (Å²) in [6.07, 6.45) is 0. The van der Waals surface area contributed by atoms with Crippen molar-refractivity contribution in [2.75, 3.05) is 0 Å². The van der Waals surface area contributed by atoms with Crippen LogP contribution < -0.4 is 10.9 Å². The van der Waals surface area contributed by atoms with Crippen LogP contribution in [0.15, 0.2) is 34.3 Å². The van der Waals surface area contributed by atoms with E-state index in [-0.39, 0.29) is 28.0 Å². The zero-order chi connectivity index (χ0) is 14.4. The van der Waals surface area contributed by atoms with E-state index in [0.717, 1.165) is 5.56 Å². The molecule has 0 amide bonds. The number of amidine groups is 1. The lowest BCUT2D eigenvalue weighted by atomic mass is 10.0. The Balaban J connectivity index is 2.31. The Morgan fingerprint density at radius 1 is 1.32 bits per heavy atom. The standard InChI is InChI=1S/C12H17N3O3S/c1-12(2)9(10(12)11(13)15-16)7-3-5-8(6-4-7)19(14,17)18/h3-6,9-10,16H,1-2H3,(H2,13,15)(H2,14,17,18). The molecule has 6 nitrogen and oxygen atoms in total. The third-order valence-corrected chi connectivity index (χ3v) is 4.76. The maximum absolute atomic E-state index is 11.2. The molecule has 5 N–H and O–H groups in total. The van der Waals surface area contributed by atoms with Crippen LogP contribution in [-0.4, -0.2) is 19.5 Å². The second kappa shape index (κ2) is 4.21. The fraction of sp³-hybridized carbons (Fsp3) is 0.417. The third kappa shape index (κ3) is 2.31. The van der Waals surface area contributed by atoms with E-state index in [2.05, 4.69) is 5.16 Å². The average Bonchev–Trinajstić information content (AvgIpc) is 2.90. The second-order valence-electron chi connectivity index (χ2n) is 5.42. The van der Waals surface area contributed by atoms with Crippen LogP contribution in [0.4, 0.5) is 0 Å². The molecular formula is C12H17N3O3S. The largest absolute Gasteiger partial charge is 0.409 e. The van der Waals surface area contributed by atoms with Crippen LogP contribution in [0.3, 0.4) is 0 Å². The molecule has 1 aliphatic carbocycles. The monoisotopic (exact) mass is 283 g/mol. The van der Waals surface area contributed by atoms with E-state index in [9.17, 15) is 8.42 Å². The number of benzene rings is 1. The van der Waals surface area contributed by atoms with E-state index in [0.29, 0.717) is 0 Å². The number of oxime groups is 1. The van der Waals surface area contributed by atoms with E-state index in [4.69, 9.17) is 16.1 Å². The van der Waals surface area contributed by atoms with Crippen LogP contribution in [0.5, 0.6) is 0 Å². The Hall–Kier alpha value is -1.60. The van der Waals surface area contributed by atoms with Gasteiger partial charge >= 0.3 is 0 Å². The van der Waals surface area contributed by atoms with Crippen molar-refractivity contribution >= 4 is 15.9 Å². The maximum atomic E-state index is 11.2. The second-order valence-corrected chi connectivity index (χ2v) is 6.98. The Morgan fingerprint density at radius 2 is 1.84 bits per heavy atom. The molecule has 104 valence electrons. The van der Waals surface area contributed by atoms with Gasteiger partial charge < -0.3 is 10.9 Å². The molecule has 1 aliphatic rings. The van der Waals surface area contributed by atoms with Gasteiger partial charge in [-0.2, -0.15) is 0 Å². The molecule has 0 aromatic heterocycles. The first kappa shape index (κ1) is 13.8. The molecule has 2 rings (SSSR count). The lowest BCUT2D eigenvalue weighted by Gasteiger charge is -2.04. The number of rotatable bonds is 3. The zero-order valence-electron chi connectivity index (χ0n) is 10.7. The van der Waals surface area contributed by atoms with Crippen molar-refractivity contribution in [2.24, 2.45) is 27.4 Å². The fourth-order valence-electron chi connectivity index (χ4n) is 2.74. The molecule has 2 unspecified atom stereocenters. The normalized spacial score (nSPS) is 26.2. The van der Waals surface area contributed by atoms with Crippen molar-refractivity contribution in [1.82, 2.24) is 0 Å². The fourth-order valence-corrected chi connectivity index (χ4v) is 3.25. The number of primary sulfonamides is 1. The number of nitrogens with two attached hydrogens (primary N) is 2. The van der Waals surface area contributed by atoms with Gasteiger partial charge in [0.15, 0.2) is 0 Å². The summed E-state index contributed by atoms with van der Waals surface area (Å²) in [7, 11) is -3.68. The number of sulfonamides is 1. The summed E-state index contributed by atoms with van der Waals surface area (Å²) in [4.78, 5) is 0.0788. The van der Waals surface area contributed by atoms with Crippen molar-refractivity contribution in [3.05, 3.63) is 29.8 Å². The molecule has 0 spiro atoms. The molecule has 0 heterocycles. The summed E-state index contributed by atoms with van der Waals surface area (Å²) in [5.74, 6) is 0.265. The highest BCUT2D eigenvalue weighted by molar-refractivity contribution is 7.89. The van der Waals surface area contributed by atoms with Crippen molar-refractivity contribution in [1.29, 1.82) is 0 Å². The first-order chi connectivity index (χ1) is 8.69. The molecule has 1 aromatic carbocycles. The van der Waals surface area contributed by atoms with Gasteiger partial charge in [0.25, 0.3) is 0 Å². The van der Waals surface area contributed by atoms with Crippen LogP contribution in [-0.2, 0) is 10.0 Å². The van der Waals surface area contributed by atoms with E-state index < -0.39 is 10.0 Å². The summed E-state index contributed by atoms with van der Waals surface area (Å²) in [6.45, 7) is 4.04. The van der Waals surface area contributed by atoms with Gasteiger partial charge in [0, 0.05) is 11.8 Å². The average molecular weight is 283 g/mol. The van der Waals surface area contributed by atoms with Crippen LogP contribution in [0, 0.1) is 11.3 Å². The van der Waals surface area contributed by atoms with E-state index in [1.54, 1.807) is 12.1 Å². The van der Waals surface area contributed by atoms with Crippen molar-refractivity contribution in [3.63, 3.8) is 0 Å². The molecule has 7 heteroatoms. The first-order valence-electron chi connectivity index (χ1n) is 5.79. The highest BCUT2D eigenvalue weighted by Gasteiger charge is 2.60. The topological polar surface area (TPSA) is 119 Å². The first-order valence-corrected chi connectivity index (χ1v) is 7.34. The molecule has 0 saturated heterocycles. The number of hydrogen-bond acceptors (Lipinski definition) is 4. The summed E-state index contributed by atoms with van der Waals surface area (Å²) in [5.41, 5.74) is 6.51. The zero-order valence-corrected chi connectivity index (χ0v) is 11.6. The van der Waals surface area contributed by atoms with Crippen LogP contribution >= 0.6 is 0 Å². The predicted molar refractivity (Wildman–Crippen MR) is 71.2 cm³/mol. The van der Waals surface area contributed by atoms with Gasteiger partial charge in [-0.15, -0.1) is 0 Å². The minimum Gasteiger partial charge on any atom is -0.409 e. The van der Waals surface area contributed by atoms with Gasteiger partial charge in [0.2, 0.25) is 10.0 Å². The predicted octanol–water partition coefficient (Wildman–Crippen LogP) is 0.820. The Bertz CT molecular complexity index is 620. The van der Waals surface area contributed by atoms with Gasteiger partial charge in [0.05, 0.1) is 4.90 Å². The lowest BCUT2D eigenvalue weighted by molar-refractivity contribution is 0.315. The molecule has 1 saturated carbocycles. The van der Waals surface area contributed by atoms with Crippen molar-refractivity contribution in [2.45, 2.75) is 24.7 Å². The van der Waals surface area contributed by atoms with Gasteiger partial charge in [-0.25, -0.2) is 13.6 Å². The van der Waals surface area contributed by atoms with E-state index in [1.165, 1.54) is 12.1 Å². The van der Waals surface area contributed by atoms with Gasteiger partial charge in [-0.05, 0) is 23.1 Å².